The van der Waals surface area contributed by atoms with Gasteiger partial charge in [-0.3, -0.25) is 9.69 Å². The van der Waals surface area contributed by atoms with Crippen LogP contribution in [0.15, 0.2) is 0 Å². The van der Waals surface area contributed by atoms with Crippen LogP contribution in [0.5, 0.6) is 0 Å². The molecule has 0 aromatic heterocycles. The lowest BCUT2D eigenvalue weighted by molar-refractivity contribution is -0.138. The van der Waals surface area contributed by atoms with E-state index in [0.29, 0.717) is 12.0 Å². The maximum atomic E-state index is 10.7. The highest BCUT2D eigenvalue weighted by molar-refractivity contribution is 5.69. The van der Waals surface area contributed by atoms with Gasteiger partial charge in [0.1, 0.15) is 0 Å². The van der Waals surface area contributed by atoms with Crippen molar-refractivity contribution in [3.63, 3.8) is 0 Å². The number of aliphatic carboxylic acids is 1. The molecule has 4 heteroatoms. The lowest BCUT2D eigenvalue weighted by Gasteiger charge is -2.29. The summed E-state index contributed by atoms with van der Waals surface area (Å²) in [4.78, 5) is 12.9. The zero-order valence-electron chi connectivity index (χ0n) is 9.11. The van der Waals surface area contributed by atoms with Crippen molar-refractivity contribution in [2.75, 3.05) is 26.2 Å². The van der Waals surface area contributed by atoms with Crippen LogP contribution in [0, 0.1) is 5.92 Å². The van der Waals surface area contributed by atoms with Crippen LogP contribution < -0.4 is 5.32 Å². The van der Waals surface area contributed by atoms with E-state index in [4.69, 9.17) is 5.11 Å². The average Bonchev–Trinajstić information content (AvgIpc) is 3.01. The smallest absolute Gasteiger partial charge is 0.317 e. The summed E-state index contributed by atoms with van der Waals surface area (Å²) in [5.41, 5.74) is 0. The van der Waals surface area contributed by atoms with E-state index < -0.39 is 5.97 Å². The molecule has 2 fully saturated rings. The molecule has 1 unspecified atom stereocenters. The summed E-state index contributed by atoms with van der Waals surface area (Å²) < 4.78 is 0. The molecule has 0 spiro atoms. The zero-order valence-corrected chi connectivity index (χ0v) is 9.11. The number of nitrogens with zero attached hydrogens (tertiary/aromatic N) is 1. The van der Waals surface area contributed by atoms with Crippen LogP contribution in [0.25, 0.3) is 0 Å². The third kappa shape index (κ3) is 3.47. The first-order chi connectivity index (χ1) is 7.25. The maximum Gasteiger partial charge on any atom is 0.317 e. The van der Waals surface area contributed by atoms with Gasteiger partial charge in [0.2, 0.25) is 0 Å². The molecule has 2 aliphatic rings. The monoisotopic (exact) mass is 212 g/mol. The van der Waals surface area contributed by atoms with Crippen molar-refractivity contribution in [1.29, 1.82) is 0 Å². The number of hydrogen-bond donors (Lipinski definition) is 2. The maximum absolute atomic E-state index is 10.7. The number of carboxylic acids is 1. The van der Waals surface area contributed by atoms with Crippen molar-refractivity contribution in [2.45, 2.75) is 31.7 Å². The Morgan fingerprint density at radius 1 is 1.40 bits per heavy atom. The molecule has 0 aromatic rings. The van der Waals surface area contributed by atoms with E-state index >= 15 is 0 Å². The Hall–Kier alpha value is -0.610. The number of carboxylic acid groups (broad SMARTS) is 1. The molecule has 2 rings (SSSR count). The van der Waals surface area contributed by atoms with Crippen LogP contribution in [-0.2, 0) is 4.79 Å². The Bertz CT molecular complexity index is 223. The van der Waals surface area contributed by atoms with Gasteiger partial charge in [-0.25, -0.2) is 0 Å². The Balaban J connectivity index is 1.79. The van der Waals surface area contributed by atoms with E-state index in [-0.39, 0.29) is 6.54 Å². The normalized spacial score (nSPS) is 26.9. The third-order valence-corrected chi connectivity index (χ3v) is 3.29. The van der Waals surface area contributed by atoms with Gasteiger partial charge in [0.25, 0.3) is 0 Å². The molecule has 0 amide bonds. The lowest BCUT2D eigenvalue weighted by atomic mass is 9.99. The Morgan fingerprint density at radius 3 is 2.73 bits per heavy atom. The van der Waals surface area contributed by atoms with Crippen LogP contribution in [-0.4, -0.2) is 48.2 Å². The van der Waals surface area contributed by atoms with E-state index in [1.165, 1.54) is 25.7 Å². The Morgan fingerprint density at radius 2 is 2.20 bits per heavy atom. The van der Waals surface area contributed by atoms with E-state index in [1.807, 2.05) is 0 Å². The second-order valence-corrected chi connectivity index (χ2v) is 4.77. The van der Waals surface area contributed by atoms with Gasteiger partial charge in [0.15, 0.2) is 0 Å². The minimum atomic E-state index is -0.689. The summed E-state index contributed by atoms with van der Waals surface area (Å²) in [6.07, 6.45) is 4.85. The summed E-state index contributed by atoms with van der Waals surface area (Å²) in [5, 5.41) is 12.2. The number of nitrogens with one attached hydrogen (secondary N) is 1. The van der Waals surface area contributed by atoms with Gasteiger partial charge >= 0.3 is 5.97 Å². The Labute approximate surface area is 90.6 Å². The van der Waals surface area contributed by atoms with Crippen LogP contribution >= 0.6 is 0 Å². The number of piperidine rings is 1. The minimum Gasteiger partial charge on any atom is -0.480 e. The number of hydrogen-bond acceptors (Lipinski definition) is 3. The second kappa shape index (κ2) is 4.94. The number of rotatable bonds is 5. The SMILES string of the molecule is O=C(O)CN(CC1CCCNC1)C1CC1. The van der Waals surface area contributed by atoms with Gasteiger partial charge in [-0.1, -0.05) is 0 Å². The second-order valence-electron chi connectivity index (χ2n) is 4.77. The summed E-state index contributed by atoms with van der Waals surface area (Å²) >= 11 is 0. The fraction of sp³-hybridized carbons (Fsp3) is 0.909. The molecule has 0 radical (unpaired) electrons. The van der Waals surface area contributed by atoms with Crippen LogP contribution in [0.4, 0.5) is 0 Å². The highest BCUT2D eigenvalue weighted by Gasteiger charge is 2.31. The molecule has 2 N–H and O–H groups in total. The van der Waals surface area contributed by atoms with Crippen molar-refractivity contribution < 1.29 is 9.90 Å². The zero-order chi connectivity index (χ0) is 10.7. The lowest BCUT2D eigenvalue weighted by Crippen LogP contribution is -2.41. The van der Waals surface area contributed by atoms with Gasteiger partial charge < -0.3 is 10.4 Å². The van der Waals surface area contributed by atoms with E-state index in [2.05, 4.69) is 10.2 Å². The van der Waals surface area contributed by atoms with Crippen molar-refractivity contribution in [3.8, 4) is 0 Å². The summed E-state index contributed by atoms with van der Waals surface area (Å²) in [6, 6.07) is 0.558. The van der Waals surface area contributed by atoms with Crippen molar-refractivity contribution in [1.82, 2.24) is 10.2 Å². The standard InChI is InChI=1S/C11H20N2O2/c14-11(15)8-13(10-3-4-10)7-9-2-1-5-12-6-9/h9-10,12H,1-8H2,(H,14,15). The predicted octanol–water partition coefficient (Wildman–Crippen LogP) is 0.535. The molecule has 1 heterocycles. The van der Waals surface area contributed by atoms with Crippen molar-refractivity contribution in [2.24, 2.45) is 5.92 Å². The molecule has 15 heavy (non-hydrogen) atoms. The molecule has 86 valence electrons. The van der Waals surface area contributed by atoms with Crippen LogP contribution in [0.1, 0.15) is 25.7 Å². The molecule has 0 bridgehead atoms. The van der Waals surface area contributed by atoms with Gasteiger partial charge in [-0.2, -0.15) is 0 Å². The highest BCUT2D eigenvalue weighted by atomic mass is 16.4. The summed E-state index contributed by atoms with van der Waals surface area (Å²) in [7, 11) is 0. The van der Waals surface area contributed by atoms with E-state index in [0.717, 1.165) is 19.6 Å². The average molecular weight is 212 g/mol. The van der Waals surface area contributed by atoms with Crippen LogP contribution in [0.2, 0.25) is 0 Å². The van der Waals surface area contributed by atoms with E-state index in [1.54, 1.807) is 0 Å². The quantitative estimate of drug-likeness (QED) is 0.698. The minimum absolute atomic E-state index is 0.223. The fourth-order valence-electron chi connectivity index (χ4n) is 2.37. The molecular weight excluding hydrogens is 192 g/mol. The van der Waals surface area contributed by atoms with Gasteiger partial charge in [0, 0.05) is 12.6 Å². The molecule has 4 nitrogen and oxygen atoms in total. The molecule has 1 atom stereocenters. The highest BCUT2D eigenvalue weighted by Crippen LogP contribution is 2.28. The topological polar surface area (TPSA) is 52.6 Å². The fourth-order valence-corrected chi connectivity index (χ4v) is 2.37. The third-order valence-electron chi connectivity index (χ3n) is 3.29. The molecular formula is C11H20N2O2. The molecule has 1 saturated carbocycles. The first-order valence-corrected chi connectivity index (χ1v) is 5.92. The van der Waals surface area contributed by atoms with Crippen molar-refractivity contribution >= 4 is 5.97 Å². The Kier molecular flexibility index (Phi) is 3.59. The predicted molar refractivity (Wildman–Crippen MR) is 57.8 cm³/mol. The first-order valence-electron chi connectivity index (χ1n) is 5.92. The van der Waals surface area contributed by atoms with E-state index in [9.17, 15) is 4.79 Å². The van der Waals surface area contributed by atoms with Gasteiger partial charge in [-0.05, 0) is 44.7 Å². The molecule has 1 aliphatic heterocycles. The first kappa shape index (κ1) is 10.9. The molecule has 1 aliphatic carbocycles. The van der Waals surface area contributed by atoms with Gasteiger partial charge in [0.05, 0.1) is 6.54 Å². The number of carbonyl (C=O) groups is 1. The largest absolute Gasteiger partial charge is 0.480 e. The molecule has 0 aromatic carbocycles. The summed E-state index contributed by atoms with van der Waals surface area (Å²) in [5.74, 6) is -0.0376. The van der Waals surface area contributed by atoms with Crippen molar-refractivity contribution in [3.05, 3.63) is 0 Å². The molecule has 1 saturated heterocycles. The van der Waals surface area contributed by atoms with Crippen LogP contribution in [0.3, 0.4) is 0 Å². The van der Waals surface area contributed by atoms with Gasteiger partial charge in [-0.15, -0.1) is 0 Å². The summed E-state index contributed by atoms with van der Waals surface area (Å²) in [6.45, 7) is 3.37.